The zero-order valence-electron chi connectivity index (χ0n) is 10.7. The third-order valence-electron chi connectivity index (χ3n) is 2.52. The number of rotatable bonds is 6. The Morgan fingerprint density at radius 3 is 2.39 bits per heavy atom. The number of benzene rings is 1. The smallest absolute Gasteiger partial charge is 0.243 e. The van der Waals surface area contributed by atoms with E-state index in [0.29, 0.717) is 6.54 Å². The minimum atomic E-state index is -3.49. The van der Waals surface area contributed by atoms with Crippen LogP contribution in [0.4, 0.5) is 5.69 Å². The quantitative estimate of drug-likeness (QED) is 0.798. The van der Waals surface area contributed by atoms with E-state index in [4.69, 9.17) is 6.42 Å². The predicted octanol–water partition coefficient (Wildman–Crippen LogP) is 1.76. The molecule has 1 aromatic rings. The van der Waals surface area contributed by atoms with Crippen molar-refractivity contribution in [2.45, 2.75) is 18.2 Å². The Kier molecular flexibility index (Phi) is 5.20. The number of hydrogen-bond donors (Lipinski definition) is 1. The average molecular weight is 266 g/mol. The molecule has 0 bridgehead atoms. The summed E-state index contributed by atoms with van der Waals surface area (Å²) < 4.78 is 26.0. The van der Waals surface area contributed by atoms with Gasteiger partial charge in [-0.3, -0.25) is 0 Å². The molecule has 1 aromatic carbocycles. The molecule has 0 amide bonds. The van der Waals surface area contributed by atoms with Crippen molar-refractivity contribution in [2.24, 2.45) is 0 Å². The van der Waals surface area contributed by atoms with E-state index in [0.717, 1.165) is 12.1 Å². The maximum atomic E-state index is 12.3. The van der Waals surface area contributed by atoms with E-state index >= 15 is 0 Å². The van der Waals surface area contributed by atoms with Crippen LogP contribution in [0.15, 0.2) is 29.2 Å². The van der Waals surface area contributed by atoms with Crippen molar-refractivity contribution in [3.05, 3.63) is 24.3 Å². The number of nitrogens with one attached hydrogen (secondary N) is 1. The largest absolute Gasteiger partial charge is 0.388 e. The second kappa shape index (κ2) is 6.43. The standard InChI is InChI=1S/C13H18N2O2S/c1-4-10-15(11-5-2)18(16,17)13-8-6-12(14-3)7-9-13/h1,6-9,14H,5,10-11H2,2-3H3. The molecule has 0 atom stereocenters. The lowest BCUT2D eigenvalue weighted by Crippen LogP contribution is -2.32. The fourth-order valence-corrected chi connectivity index (χ4v) is 3.02. The number of anilines is 1. The van der Waals surface area contributed by atoms with Crippen molar-refractivity contribution < 1.29 is 8.42 Å². The Morgan fingerprint density at radius 2 is 1.94 bits per heavy atom. The second-order valence-electron chi connectivity index (χ2n) is 3.82. The predicted molar refractivity (Wildman–Crippen MR) is 73.9 cm³/mol. The first kappa shape index (κ1) is 14.6. The van der Waals surface area contributed by atoms with Gasteiger partial charge in [0.15, 0.2) is 0 Å². The molecule has 18 heavy (non-hydrogen) atoms. The van der Waals surface area contributed by atoms with Gasteiger partial charge in [0.05, 0.1) is 11.4 Å². The van der Waals surface area contributed by atoms with Crippen molar-refractivity contribution in [3.63, 3.8) is 0 Å². The Morgan fingerprint density at radius 1 is 1.33 bits per heavy atom. The highest BCUT2D eigenvalue weighted by molar-refractivity contribution is 7.89. The van der Waals surface area contributed by atoms with E-state index in [1.54, 1.807) is 31.3 Å². The summed E-state index contributed by atoms with van der Waals surface area (Å²) in [6, 6.07) is 6.63. The van der Waals surface area contributed by atoms with Gasteiger partial charge in [0.1, 0.15) is 0 Å². The molecule has 0 unspecified atom stereocenters. The minimum Gasteiger partial charge on any atom is -0.388 e. The molecule has 0 aliphatic heterocycles. The van der Waals surface area contributed by atoms with E-state index in [9.17, 15) is 8.42 Å². The molecule has 98 valence electrons. The van der Waals surface area contributed by atoms with Crippen molar-refractivity contribution >= 4 is 15.7 Å². The molecule has 1 N–H and O–H groups in total. The molecule has 0 spiro atoms. The molecule has 0 saturated carbocycles. The van der Waals surface area contributed by atoms with Gasteiger partial charge in [-0.15, -0.1) is 6.42 Å². The maximum absolute atomic E-state index is 12.3. The Hall–Kier alpha value is -1.51. The molecule has 0 heterocycles. The van der Waals surface area contributed by atoms with Crippen LogP contribution in [0.1, 0.15) is 13.3 Å². The second-order valence-corrected chi connectivity index (χ2v) is 5.76. The molecule has 0 fully saturated rings. The topological polar surface area (TPSA) is 49.4 Å². The number of terminal acetylenes is 1. The maximum Gasteiger partial charge on any atom is 0.243 e. The fraction of sp³-hybridized carbons (Fsp3) is 0.385. The first-order valence-corrected chi connectivity index (χ1v) is 7.21. The zero-order valence-corrected chi connectivity index (χ0v) is 11.5. The van der Waals surface area contributed by atoms with E-state index in [2.05, 4.69) is 11.2 Å². The van der Waals surface area contributed by atoms with Crippen LogP contribution in [0.5, 0.6) is 0 Å². The lowest BCUT2D eigenvalue weighted by molar-refractivity contribution is 0.445. The van der Waals surface area contributed by atoms with Crippen molar-refractivity contribution in [2.75, 3.05) is 25.5 Å². The van der Waals surface area contributed by atoms with Gasteiger partial charge in [0.2, 0.25) is 10.0 Å². The van der Waals surface area contributed by atoms with Crippen LogP contribution < -0.4 is 5.32 Å². The highest BCUT2D eigenvalue weighted by Crippen LogP contribution is 2.18. The van der Waals surface area contributed by atoms with E-state index < -0.39 is 10.0 Å². The van der Waals surface area contributed by atoms with Gasteiger partial charge in [-0.2, -0.15) is 4.31 Å². The summed E-state index contributed by atoms with van der Waals surface area (Å²) in [6.45, 7) is 2.45. The SMILES string of the molecule is C#CCN(CCC)S(=O)(=O)c1ccc(NC)cc1. The van der Waals surface area contributed by atoms with Crippen LogP contribution in [0.2, 0.25) is 0 Å². The molecule has 0 radical (unpaired) electrons. The first-order valence-electron chi connectivity index (χ1n) is 5.77. The zero-order chi connectivity index (χ0) is 13.6. The lowest BCUT2D eigenvalue weighted by Gasteiger charge is -2.19. The van der Waals surface area contributed by atoms with Crippen LogP contribution in [0.25, 0.3) is 0 Å². The summed E-state index contributed by atoms with van der Waals surface area (Å²) in [5, 5.41) is 2.94. The van der Waals surface area contributed by atoms with Crippen molar-refractivity contribution in [3.8, 4) is 12.3 Å². The van der Waals surface area contributed by atoms with Gasteiger partial charge < -0.3 is 5.32 Å². The highest BCUT2D eigenvalue weighted by atomic mass is 32.2. The van der Waals surface area contributed by atoms with E-state index in [-0.39, 0.29) is 11.4 Å². The van der Waals surface area contributed by atoms with Gasteiger partial charge in [-0.1, -0.05) is 12.8 Å². The fourth-order valence-electron chi connectivity index (χ4n) is 1.58. The Bertz CT molecular complexity index is 515. The Labute approximate surface area is 109 Å². The average Bonchev–Trinajstić information content (AvgIpc) is 2.38. The molecule has 4 nitrogen and oxygen atoms in total. The Balaban J connectivity index is 3.06. The van der Waals surface area contributed by atoms with Crippen LogP contribution in [0, 0.1) is 12.3 Å². The summed E-state index contributed by atoms with van der Waals surface area (Å²) in [5.74, 6) is 2.39. The van der Waals surface area contributed by atoms with Crippen LogP contribution in [-0.4, -0.2) is 32.9 Å². The number of sulfonamides is 1. The summed E-state index contributed by atoms with van der Waals surface area (Å²) >= 11 is 0. The number of nitrogens with zero attached hydrogens (tertiary/aromatic N) is 1. The first-order chi connectivity index (χ1) is 8.56. The summed E-state index contributed by atoms with van der Waals surface area (Å²) in [5.41, 5.74) is 0.868. The van der Waals surface area contributed by atoms with E-state index in [1.165, 1.54) is 4.31 Å². The molecule has 0 aliphatic rings. The van der Waals surface area contributed by atoms with Crippen LogP contribution in [0.3, 0.4) is 0 Å². The summed E-state index contributed by atoms with van der Waals surface area (Å²) in [4.78, 5) is 0.269. The molecular formula is C13H18N2O2S. The van der Waals surface area contributed by atoms with Gasteiger partial charge in [-0.25, -0.2) is 8.42 Å². The third kappa shape index (κ3) is 3.25. The molecule has 0 aromatic heterocycles. The van der Waals surface area contributed by atoms with Gasteiger partial charge in [-0.05, 0) is 30.7 Å². The molecule has 0 aliphatic carbocycles. The normalized spacial score (nSPS) is 11.2. The monoisotopic (exact) mass is 266 g/mol. The third-order valence-corrected chi connectivity index (χ3v) is 4.38. The lowest BCUT2D eigenvalue weighted by atomic mass is 10.3. The molecule has 0 saturated heterocycles. The van der Waals surface area contributed by atoms with Crippen molar-refractivity contribution in [1.82, 2.24) is 4.31 Å². The summed E-state index contributed by atoms with van der Waals surface area (Å²) in [7, 11) is -1.70. The highest BCUT2D eigenvalue weighted by Gasteiger charge is 2.22. The molecule has 1 rings (SSSR count). The number of hydrogen-bond acceptors (Lipinski definition) is 3. The van der Waals surface area contributed by atoms with Crippen LogP contribution in [-0.2, 0) is 10.0 Å². The minimum absolute atomic E-state index is 0.101. The van der Waals surface area contributed by atoms with Crippen molar-refractivity contribution in [1.29, 1.82) is 0 Å². The van der Waals surface area contributed by atoms with Gasteiger partial charge in [0.25, 0.3) is 0 Å². The van der Waals surface area contributed by atoms with Gasteiger partial charge in [0, 0.05) is 19.3 Å². The van der Waals surface area contributed by atoms with E-state index in [1.807, 2.05) is 6.92 Å². The van der Waals surface area contributed by atoms with Crippen LogP contribution >= 0.6 is 0 Å². The van der Waals surface area contributed by atoms with Gasteiger partial charge >= 0.3 is 0 Å². The molecular weight excluding hydrogens is 248 g/mol. The molecule has 5 heteroatoms. The summed E-state index contributed by atoms with van der Waals surface area (Å²) in [6.07, 6.45) is 5.95.